The van der Waals surface area contributed by atoms with Crippen LogP contribution in [-0.4, -0.2) is 43.7 Å². The molecular weight excluding hydrogens is 250 g/mol. The van der Waals surface area contributed by atoms with E-state index in [1.54, 1.807) is 0 Å². The summed E-state index contributed by atoms with van der Waals surface area (Å²) >= 11 is 0. The fourth-order valence-electron chi connectivity index (χ4n) is 2.80. The summed E-state index contributed by atoms with van der Waals surface area (Å²) in [5.41, 5.74) is 0. The van der Waals surface area contributed by atoms with Crippen molar-refractivity contribution in [2.45, 2.75) is 53.4 Å². The van der Waals surface area contributed by atoms with Gasteiger partial charge in [0.1, 0.15) is 12.3 Å². The molecule has 2 unspecified atom stereocenters. The van der Waals surface area contributed by atoms with Crippen molar-refractivity contribution in [1.82, 2.24) is 0 Å². The molecule has 2 atom stereocenters. The molecule has 0 aromatic heterocycles. The van der Waals surface area contributed by atoms with Gasteiger partial charge in [-0.2, -0.15) is 0 Å². The van der Waals surface area contributed by atoms with E-state index in [1.807, 2.05) is 28.1 Å². The van der Waals surface area contributed by atoms with Gasteiger partial charge in [0.15, 0.2) is 5.78 Å². The van der Waals surface area contributed by atoms with Crippen LogP contribution < -0.4 is 0 Å². The third kappa shape index (κ3) is 11.2. The Balaban J connectivity index is 4.05. The van der Waals surface area contributed by atoms with E-state index >= 15 is 0 Å². The first-order valence-corrected chi connectivity index (χ1v) is 7.83. The second-order valence-corrected chi connectivity index (χ2v) is 7.98. The molecule has 3 nitrogen and oxygen atoms in total. The molecule has 0 N–H and O–H groups in total. The average Bonchev–Trinajstić information content (AvgIpc) is 2.09. The first-order valence-electron chi connectivity index (χ1n) is 7.83. The molecule has 0 spiro atoms. The van der Waals surface area contributed by atoms with Crippen molar-refractivity contribution in [3.63, 3.8) is 0 Å². The van der Waals surface area contributed by atoms with Crippen molar-refractivity contribution in [2.75, 3.05) is 27.7 Å². The fraction of sp³-hybridized carbons (Fsp3) is 0.882. The van der Waals surface area contributed by atoms with E-state index in [2.05, 4.69) is 20.8 Å². The predicted molar refractivity (Wildman–Crippen MR) is 84.5 cm³/mol. The van der Waals surface area contributed by atoms with Crippen molar-refractivity contribution >= 4 is 11.6 Å². The Labute approximate surface area is 125 Å². The smallest absolute Gasteiger partial charge is 0.187 e. The number of ketones is 2. The molecule has 0 aromatic rings. The normalized spacial score (nSPS) is 15.2. The summed E-state index contributed by atoms with van der Waals surface area (Å²) in [6.07, 6.45) is 2.83. The molecule has 3 heteroatoms. The summed E-state index contributed by atoms with van der Waals surface area (Å²) in [6.45, 7) is 9.08. The van der Waals surface area contributed by atoms with Crippen LogP contribution in [0.4, 0.5) is 0 Å². The Kier molecular flexibility index (Phi) is 8.26. The first-order chi connectivity index (χ1) is 8.99. The van der Waals surface area contributed by atoms with Crippen LogP contribution in [0.1, 0.15) is 53.4 Å². The van der Waals surface area contributed by atoms with Gasteiger partial charge in [0.05, 0.1) is 21.1 Å². The van der Waals surface area contributed by atoms with Gasteiger partial charge >= 0.3 is 0 Å². The van der Waals surface area contributed by atoms with Crippen LogP contribution in [0.15, 0.2) is 0 Å². The number of Topliss-reactive ketones (excluding diaryl/α,β-unsaturated/α-hetero) is 2. The Morgan fingerprint density at radius 2 is 1.25 bits per heavy atom. The largest absolute Gasteiger partial charge is 0.325 e. The van der Waals surface area contributed by atoms with Gasteiger partial charge in [-0.05, 0) is 24.2 Å². The Hall–Kier alpha value is -0.700. The molecule has 0 saturated heterocycles. The number of quaternary nitrogens is 1. The highest BCUT2D eigenvalue weighted by atomic mass is 16.1. The average molecular weight is 284 g/mol. The van der Waals surface area contributed by atoms with Crippen LogP contribution in [0.3, 0.4) is 0 Å². The van der Waals surface area contributed by atoms with Crippen molar-refractivity contribution < 1.29 is 14.1 Å². The number of carbonyl (C=O) groups excluding carboxylic acids is 2. The van der Waals surface area contributed by atoms with E-state index in [1.165, 1.54) is 0 Å². The minimum absolute atomic E-state index is 0.174. The number of likely N-dealkylation sites (N-methyl/N-ethyl adjacent to an activating group) is 1. The molecule has 0 bridgehead atoms. The summed E-state index contributed by atoms with van der Waals surface area (Å²) in [5, 5.41) is 0. The molecule has 0 fully saturated rings. The van der Waals surface area contributed by atoms with Crippen LogP contribution in [0, 0.1) is 17.8 Å². The summed E-state index contributed by atoms with van der Waals surface area (Å²) in [4.78, 5) is 23.9. The Bertz CT molecular complexity index is 315. The molecule has 118 valence electrons. The lowest BCUT2D eigenvalue weighted by Gasteiger charge is -2.23. The molecule has 0 amide bonds. The number of carbonyl (C=O) groups is 2. The highest BCUT2D eigenvalue weighted by Gasteiger charge is 2.19. The van der Waals surface area contributed by atoms with Gasteiger partial charge in [0, 0.05) is 19.3 Å². The molecule has 0 aliphatic rings. The highest BCUT2D eigenvalue weighted by molar-refractivity contribution is 5.82. The maximum Gasteiger partial charge on any atom is 0.187 e. The number of hydrogen-bond donors (Lipinski definition) is 0. The van der Waals surface area contributed by atoms with Crippen LogP contribution in [0.2, 0.25) is 0 Å². The van der Waals surface area contributed by atoms with E-state index in [-0.39, 0.29) is 11.7 Å². The second-order valence-electron chi connectivity index (χ2n) is 7.98. The lowest BCUT2D eigenvalue weighted by molar-refractivity contribution is -0.862. The number of nitrogens with zero attached hydrogens (tertiary/aromatic N) is 1. The monoisotopic (exact) mass is 284 g/mol. The number of hydrogen-bond acceptors (Lipinski definition) is 2. The lowest BCUT2D eigenvalue weighted by Crippen LogP contribution is -2.39. The standard InChI is InChI=1S/C17H34NO2/c1-13(2)8-14(3)9-16(19)10-15(4)11-17(20)12-18(5,6)7/h13-15H,8-12H2,1-7H3/q+1. The van der Waals surface area contributed by atoms with Crippen molar-refractivity contribution in [3.8, 4) is 0 Å². The van der Waals surface area contributed by atoms with Gasteiger partial charge in [-0.1, -0.05) is 27.7 Å². The zero-order valence-corrected chi connectivity index (χ0v) is 14.5. The Morgan fingerprint density at radius 3 is 1.70 bits per heavy atom. The quantitative estimate of drug-likeness (QED) is 0.577. The van der Waals surface area contributed by atoms with Gasteiger partial charge < -0.3 is 4.48 Å². The summed E-state index contributed by atoms with van der Waals surface area (Å²) in [7, 11) is 6.05. The minimum Gasteiger partial charge on any atom is -0.325 e. The van der Waals surface area contributed by atoms with Crippen LogP contribution in [-0.2, 0) is 9.59 Å². The lowest BCUT2D eigenvalue weighted by atomic mass is 9.90. The third-order valence-corrected chi connectivity index (χ3v) is 3.25. The molecule has 0 radical (unpaired) electrons. The number of rotatable bonds is 10. The summed E-state index contributed by atoms with van der Waals surface area (Å²) < 4.78 is 0.658. The van der Waals surface area contributed by atoms with Crippen LogP contribution in [0.25, 0.3) is 0 Å². The van der Waals surface area contributed by atoms with Gasteiger partial charge in [0.2, 0.25) is 0 Å². The Morgan fingerprint density at radius 1 is 0.800 bits per heavy atom. The maximum absolute atomic E-state index is 12.0. The van der Waals surface area contributed by atoms with Crippen molar-refractivity contribution in [3.05, 3.63) is 0 Å². The van der Waals surface area contributed by atoms with Crippen molar-refractivity contribution in [2.24, 2.45) is 17.8 Å². The third-order valence-electron chi connectivity index (χ3n) is 3.25. The molecule has 0 saturated carbocycles. The molecule has 0 aromatic carbocycles. The summed E-state index contributed by atoms with van der Waals surface area (Å²) in [6, 6.07) is 0. The van der Waals surface area contributed by atoms with Gasteiger partial charge in [-0.25, -0.2) is 0 Å². The van der Waals surface area contributed by atoms with E-state index in [9.17, 15) is 9.59 Å². The molecule has 0 rings (SSSR count). The second kappa shape index (κ2) is 8.56. The predicted octanol–water partition coefficient (Wildman–Crippen LogP) is 3.32. The zero-order valence-electron chi connectivity index (χ0n) is 14.5. The molecule has 0 aliphatic carbocycles. The SMILES string of the molecule is CC(C)CC(C)CC(=O)CC(C)CC(=O)C[N+](C)(C)C. The van der Waals surface area contributed by atoms with Crippen LogP contribution in [0.5, 0.6) is 0 Å². The van der Waals surface area contributed by atoms with Gasteiger partial charge in [-0.15, -0.1) is 0 Å². The fourth-order valence-corrected chi connectivity index (χ4v) is 2.80. The zero-order chi connectivity index (χ0) is 15.9. The van der Waals surface area contributed by atoms with E-state index in [0.29, 0.717) is 47.9 Å². The van der Waals surface area contributed by atoms with Gasteiger partial charge in [0.25, 0.3) is 0 Å². The maximum atomic E-state index is 12.0. The summed E-state index contributed by atoms with van der Waals surface area (Å²) in [5.74, 6) is 1.84. The topological polar surface area (TPSA) is 34.1 Å². The molecule has 0 aliphatic heterocycles. The van der Waals surface area contributed by atoms with Crippen molar-refractivity contribution in [1.29, 1.82) is 0 Å². The minimum atomic E-state index is 0.174. The molecule has 20 heavy (non-hydrogen) atoms. The van der Waals surface area contributed by atoms with E-state index in [4.69, 9.17) is 0 Å². The van der Waals surface area contributed by atoms with Crippen LogP contribution >= 0.6 is 0 Å². The van der Waals surface area contributed by atoms with E-state index in [0.717, 1.165) is 6.42 Å². The highest BCUT2D eigenvalue weighted by Crippen LogP contribution is 2.18. The van der Waals surface area contributed by atoms with Gasteiger partial charge in [-0.3, -0.25) is 9.59 Å². The van der Waals surface area contributed by atoms with E-state index < -0.39 is 0 Å². The first kappa shape index (κ1) is 19.3. The molecule has 0 heterocycles. The molecular formula is C17H34NO2+.